The zero-order valence-electron chi connectivity index (χ0n) is 20.3. The lowest BCUT2D eigenvalue weighted by Crippen LogP contribution is -2.65. The van der Waals surface area contributed by atoms with Crippen LogP contribution in [0.1, 0.15) is 22.6 Å². The van der Waals surface area contributed by atoms with Gasteiger partial charge >= 0.3 is 6.03 Å². The minimum atomic E-state index is -0.179. The van der Waals surface area contributed by atoms with Crippen LogP contribution in [0.5, 0.6) is 5.75 Å². The lowest BCUT2D eigenvalue weighted by molar-refractivity contribution is -0.0296. The van der Waals surface area contributed by atoms with E-state index in [9.17, 15) is 9.90 Å². The molecule has 4 rings (SSSR count). The molecular weight excluding hydrogens is 438 g/mol. The average molecular weight is 470 g/mol. The van der Waals surface area contributed by atoms with E-state index in [0.29, 0.717) is 12.2 Å². The van der Waals surface area contributed by atoms with Gasteiger partial charge in [-0.2, -0.15) is 0 Å². The van der Waals surface area contributed by atoms with Crippen molar-refractivity contribution in [3.63, 3.8) is 0 Å². The molecule has 0 saturated carbocycles. The number of amides is 2. The molecule has 35 heavy (non-hydrogen) atoms. The van der Waals surface area contributed by atoms with Gasteiger partial charge in [-0.25, -0.2) is 4.79 Å². The van der Waals surface area contributed by atoms with Gasteiger partial charge in [-0.05, 0) is 61.1 Å². The number of hydrogen-bond acceptors (Lipinski definition) is 4. The predicted molar refractivity (Wildman–Crippen MR) is 139 cm³/mol. The Bertz CT molecular complexity index is 1180. The molecule has 1 aliphatic heterocycles. The van der Waals surface area contributed by atoms with Gasteiger partial charge in [0.05, 0.1) is 13.7 Å². The molecule has 180 valence electrons. The molecular formula is C29H31N3O3. The normalized spacial score (nSPS) is 19.1. The van der Waals surface area contributed by atoms with Crippen LogP contribution in [0.25, 0.3) is 0 Å². The highest BCUT2D eigenvalue weighted by Gasteiger charge is 2.47. The third kappa shape index (κ3) is 5.65. The Morgan fingerprint density at radius 2 is 1.60 bits per heavy atom. The number of nitrogens with one attached hydrogen (secondary N) is 1. The van der Waals surface area contributed by atoms with Crippen LogP contribution in [-0.2, 0) is 0 Å². The highest BCUT2D eigenvalue weighted by molar-refractivity contribution is 5.89. The van der Waals surface area contributed by atoms with Crippen molar-refractivity contribution in [1.29, 1.82) is 0 Å². The Morgan fingerprint density at radius 3 is 2.20 bits per heavy atom. The number of likely N-dealkylation sites (N-methyl/N-ethyl adjacent to an activating group) is 2. The van der Waals surface area contributed by atoms with Crippen LogP contribution in [0.2, 0.25) is 0 Å². The second kappa shape index (κ2) is 11.1. The van der Waals surface area contributed by atoms with Gasteiger partial charge in [0.15, 0.2) is 0 Å². The first-order valence-corrected chi connectivity index (χ1v) is 11.7. The number of aliphatic hydroxyl groups is 1. The van der Waals surface area contributed by atoms with E-state index >= 15 is 0 Å². The minimum Gasteiger partial charge on any atom is -0.497 e. The standard InChI is InChI=1S/C29H31N3O3/c1-31(29(34)30-24-15-17-25(35-3)18-16-24)19-26-28(27(20-33)32(26)2)23-13-11-22(12-14-23)10-9-21-7-5-4-6-8-21/h4-8,11-18,26-28,33H,19-20H2,1-3H3,(H,30,34)/t26-,27+,28?/m0/s1. The quantitative estimate of drug-likeness (QED) is 0.536. The third-order valence-corrected chi connectivity index (χ3v) is 6.63. The van der Waals surface area contributed by atoms with Crippen LogP contribution in [-0.4, -0.2) is 67.4 Å². The summed E-state index contributed by atoms with van der Waals surface area (Å²) in [6, 6.07) is 25.3. The van der Waals surface area contributed by atoms with Crippen molar-refractivity contribution in [1.82, 2.24) is 9.80 Å². The van der Waals surface area contributed by atoms with E-state index in [1.807, 2.05) is 73.8 Å². The Labute approximate surface area is 207 Å². The summed E-state index contributed by atoms with van der Waals surface area (Å²) in [6.07, 6.45) is 0. The molecule has 6 heteroatoms. The Kier molecular flexibility index (Phi) is 7.71. The molecule has 2 amide bonds. The molecule has 1 unspecified atom stereocenters. The minimum absolute atomic E-state index is 0.0132. The number of likely N-dealkylation sites (tertiary alicyclic amines) is 1. The topological polar surface area (TPSA) is 65.0 Å². The number of carbonyl (C=O) groups is 1. The van der Waals surface area contributed by atoms with Gasteiger partial charge in [-0.15, -0.1) is 0 Å². The number of hydrogen-bond donors (Lipinski definition) is 2. The molecule has 0 aromatic heterocycles. The molecule has 0 bridgehead atoms. The maximum atomic E-state index is 12.8. The summed E-state index contributed by atoms with van der Waals surface area (Å²) in [6.45, 7) is 0.601. The van der Waals surface area contributed by atoms with Crippen LogP contribution in [0, 0.1) is 11.8 Å². The van der Waals surface area contributed by atoms with Gasteiger partial charge in [0, 0.05) is 48.4 Å². The number of anilines is 1. The largest absolute Gasteiger partial charge is 0.497 e. The van der Waals surface area contributed by atoms with Crippen molar-refractivity contribution in [3.05, 3.63) is 95.6 Å². The van der Waals surface area contributed by atoms with Crippen molar-refractivity contribution < 1.29 is 14.6 Å². The number of aliphatic hydroxyl groups excluding tert-OH is 1. The first-order valence-electron chi connectivity index (χ1n) is 11.7. The summed E-state index contributed by atoms with van der Waals surface area (Å²) in [5.41, 5.74) is 3.77. The van der Waals surface area contributed by atoms with E-state index in [1.165, 1.54) is 0 Å². The molecule has 2 N–H and O–H groups in total. The summed E-state index contributed by atoms with van der Waals surface area (Å²) in [5, 5.41) is 12.9. The first kappa shape index (κ1) is 24.3. The number of rotatable bonds is 6. The monoisotopic (exact) mass is 469 g/mol. The number of nitrogens with zero attached hydrogens (tertiary/aromatic N) is 2. The fourth-order valence-corrected chi connectivity index (χ4v) is 4.55. The van der Waals surface area contributed by atoms with Gasteiger partial charge < -0.3 is 20.1 Å². The van der Waals surface area contributed by atoms with E-state index in [2.05, 4.69) is 34.2 Å². The molecule has 0 spiro atoms. The van der Waals surface area contributed by atoms with Gasteiger partial charge in [0.2, 0.25) is 0 Å². The fraction of sp³-hybridized carbons (Fsp3) is 0.276. The second-order valence-electron chi connectivity index (χ2n) is 8.79. The van der Waals surface area contributed by atoms with Gasteiger partial charge in [-0.3, -0.25) is 4.90 Å². The lowest BCUT2D eigenvalue weighted by atomic mass is 9.75. The smallest absolute Gasteiger partial charge is 0.321 e. The van der Waals surface area contributed by atoms with Crippen LogP contribution < -0.4 is 10.1 Å². The summed E-state index contributed by atoms with van der Waals surface area (Å²) < 4.78 is 5.17. The molecule has 1 heterocycles. The molecule has 3 atom stereocenters. The van der Waals surface area contributed by atoms with Crippen molar-refractivity contribution in [2.24, 2.45) is 0 Å². The van der Waals surface area contributed by atoms with Gasteiger partial charge in [0.25, 0.3) is 0 Å². The summed E-state index contributed by atoms with van der Waals surface area (Å²) >= 11 is 0. The summed E-state index contributed by atoms with van der Waals surface area (Å²) in [7, 11) is 5.40. The van der Waals surface area contributed by atoms with Gasteiger partial charge in [-0.1, -0.05) is 42.2 Å². The number of benzene rings is 3. The molecule has 6 nitrogen and oxygen atoms in total. The summed E-state index contributed by atoms with van der Waals surface area (Å²) in [5.74, 6) is 7.25. The van der Waals surface area contributed by atoms with E-state index < -0.39 is 0 Å². The maximum Gasteiger partial charge on any atom is 0.321 e. The van der Waals surface area contributed by atoms with E-state index in [1.54, 1.807) is 19.1 Å². The number of ether oxygens (including phenoxy) is 1. The van der Waals surface area contributed by atoms with E-state index in [-0.39, 0.29) is 30.6 Å². The zero-order valence-corrected chi connectivity index (χ0v) is 20.3. The summed E-state index contributed by atoms with van der Waals surface area (Å²) in [4.78, 5) is 16.6. The maximum absolute atomic E-state index is 12.8. The van der Waals surface area contributed by atoms with Crippen molar-refractivity contribution >= 4 is 11.7 Å². The Balaban J connectivity index is 1.42. The van der Waals surface area contributed by atoms with Crippen molar-refractivity contribution in [2.75, 3.05) is 39.7 Å². The number of carbonyl (C=O) groups excluding carboxylic acids is 1. The molecule has 1 fully saturated rings. The highest BCUT2D eigenvalue weighted by atomic mass is 16.5. The fourth-order valence-electron chi connectivity index (χ4n) is 4.55. The van der Waals surface area contributed by atoms with E-state index in [0.717, 1.165) is 22.4 Å². The van der Waals surface area contributed by atoms with Crippen LogP contribution in [0.3, 0.4) is 0 Å². The second-order valence-corrected chi connectivity index (χ2v) is 8.79. The Hall–Kier alpha value is -3.79. The van der Waals surface area contributed by atoms with Crippen molar-refractivity contribution in [2.45, 2.75) is 18.0 Å². The molecule has 3 aromatic rings. The predicted octanol–water partition coefficient (Wildman–Crippen LogP) is 4.02. The molecule has 3 aromatic carbocycles. The van der Waals surface area contributed by atoms with Crippen LogP contribution >= 0.6 is 0 Å². The van der Waals surface area contributed by atoms with Crippen LogP contribution in [0.4, 0.5) is 10.5 Å². The highest BCUT2D eigenvalue weighted by Crippen LogP contribution is 2.39. The number of methoxy groups -OCH3 is 1. The zero-order chi connectivity index (χ0) is 24.8. The molecule has 0 radical (unpaired) electrons. The van der Waals surface area contributed by atoms with Crippen LogP contribution in [0.15, 0.2) is 78.9 Å². The number of urea groups is 1. The average Bonchev–Trinajstić information content (AvgIpc) is 2.90. The Morgan fingerprint density at radius 1 is 0.971 bits per heavy atom. The SMILES string of the molecule is COc1ccc(NC(=O)N(C)C[C@H]2C(c3ccc(C#Cc4ccccc4)cc3)[C@@H](CO)N2C)cc1. The first-order chi connectivity index (χ1) is 17.0. The molecule has 1 aliphatic rings. The third-order valence-electron chi connectivity index (χ3n) is 6.63. The van der Waals surface area contributed by atoms with Gasteiger partial charge in [0.1, 0.15) is 5.75 Å². The van der Waals surface area contributed by atoms with Crippen molar-refractivity contribution in [3.8, 4) is 17.6 Å². The molecule has 0 aliphatic carbocycles. The lowest BCUT2D eigenvalue weighted by Gasteiger charge is -2.54. The molecule has 1 saturated heterocycles. The van der Waals surface area contributed by atoms with E-state index in [4.69, 9.17) is 4.74 Å².